The highest BCUT2D eigenvalue weighted by atomic mass is 16.2. The lowest BCUT2D eigenvalue weighted by atomic mass is 10.2. The number of fused-ring (bicyclic) bond motifs is 1. The van der Waals surface area contributed by atoms with Gasteiger partial charge in [0.1, 0.15) is 12.1 Å². The number of para-hydroxylation sites is 2. The molecule has 1 aromatic heterocycles. The second-order valence-electron chi connectivity index (χ2n) is 5.94. The van der Waals surface area contributed by atoms with Crippen molar-refractivity contribution < 1.29 is 4.79 Å². The van der Waals surface area contributed by atoms with Crippen molar-refractivity contribution in [2.45, 2.75) is 6.54 Å². The Bertz CT molecular complexity index is 837. The molecule has 0 radical (unpaired) electrons. The van der Waals surface area contributed by atoms with Gasteiger partial charge in [-0.1, -0.05) is 35.5 Å². The fourth-order valence-corrected chi connectivity index (χ4v) is 3.12. The van der Waals surface area contributed by atoms with E-state index in [9.17, 15) is 4.79 Å². The first-order valence-electron chi connectivity index (χ1n) is 8.17. The number of amides is 1. The first kappa shape index (κ1) is 14.7. The molecule has 0 unspecified atom stereocenters. The molecule has 1 saturated heterocycles. The van der Waals surface area contributed by atoms with Gasteiger partial charge in [-0.2, -0.15) is 0 Å². The Morgan fingerprint density at radius 1 is 0.917 bits per heavy atom. The largest absolute Gasteiger partial charge is 0.368 e. The molecular formula is C18H19N5O. The summed E-state index contributed by atoms with van der Waals surface area (Å²) in [5, 5.41) is 8.20. The van der Waals surface area contributed by atoms with Crippen LogP contribution in [-0.4, -0.2) is 52.0 Å². The molecular weight excluding hydrogens is 302 g/mol. The number of carbonyl (C=O) groups is 1. The first-order chi connectivity index (χ1) is 11.8. The van der Waals surface area contributed by atoms with Gasteiger partial charge >= 0.3 is 0 Å². The summed E-state index contributed by atoms with van der Waals surface area (Å²) < 4.78 is 1.68. The zero-order valence-electron chi connectivity index (χ0n) is 13.4. The first-order valence-corrected chi connectivity index (χ1v) is 8.17. The van der Waals surface area contributed by atoms with E-state index in [2.05, 4.69) is 27.3 Å². The maximum absolute atomic E-state index is 12.6. The van der Waals surface area contributed by atoms with Gasteiger partial charge in [0.15, 0.2) is 0 Å². The van der Waals surface area contributed by atoms with Gasteiger partial charge in [0, 0.05) is 31.9 Å². The third-order valence-electron chi connectivity index (χ3n) is 4.46. The summed E-state index contributed by atoms with van der Waals surface area (Å²) in [5.41, 5.74) is 2.93. The molecule has 0 atom stereocenters. The van der Waals surface area contributed by atoms with Gasteiger partial charge in [-0.3, -0.25) is 4.79 Å². The fourth-order valence-electron chi connectivity index (χ4n) is 3.12. The van der Waals surface area contributed by atoms with Crippen molar-refractivity contribution in [1.29, 1.82) is 0 Å². The number of aromatic nitrogens is 3. The number of hydrogen-bond acceptors (Lipinski definition) is 4. The molecule has 6 heteroatoms. The molecule has 1 aliphatic heterocycles. The van der Waals surface area contributed by atoms with E-state index in [0.29, 0.717) is 0 Å². The predicted molar refractivity (Wildman–Crippen MR) is 92.8 cm³/mol. The summed E-state index contributed by atoms with van der Waals surface area (Å²) in [6, 6.07) is 18.0. The third-order valence-corrected chi connectivity index (χ3v) is 4.46. The van der Waals surface area contributed by atoms with Crippen LogP contribution in [0.3, 0.4) is 0 Å². The second-order valence-corrected chi connectivity index (χ2v) is 5.94. The lowest BCUT2D eigenvalue weighted by molar-refractivity contribution is -0.132. The minimum atomic E-state index is 0.0957. The van der Waals surface area contributed by atoms with Gasteiger partial charge in [0.2, 0.25) is 5.91 Å². The molecule has 4 rings (SSSR count). The average Bonchev–Trinajstić information content (AvgIpc) is 3.06. The average molecular weight is 321 g/mol. The second kappa shape index (κ2) is 6.31. The summed E-state index contributed by atoms with van der Waals surface area (Å²) >= 11 is 0. The highest BCUT2D eigenvalue weighted by Gasteiger charge is 2.22. The van der Waals surface area contributed by atoms with E-state index >= 15 is 0 Å². The van der Waals surface area contributed by atoms with Gasteiger partial charge in [-0.25, -0.2) is 4.68 Å². The molecule has 0 N–H and O–H groups in total. The summed E-state index contributed by atoms with van der Waals surface area (Å²) in [6.07, 6.45) is 0. The van der Waals surface area contributed by atoms with E-state index in [1.54, 1.807) is 4.68 Å². The molecule has 0 saturated carbocycles. The molecule has 3 aromatic rings. The highest BCUT2D eigenvalue weighted by molar-refractivity contribution is 5.80. The normalized spacial score (nSPS) is 15.0. The Kier molecular flexibility index (Phi) is 3.86. The summed E-state index contributed by atoms with van der Waals surface area (Å²) in [7, 11) is 0. The summed E-state index contributed by atoms with van der Waals surface area (Å²) in [6.45, 7) is 3.42. The highest BCUT2D eigenvalue weighted by Crippen LogP contribution is 2.16. The van der Waals surface area contributed by atoms with Crippen LogP contribution in [0.25, 0.3) is 11.0 Å². The standard InChI is InChI=1S/C18H19N5O/c24-18(14-23-17-9-5-4-8-16(17)19-20-23)22-12-10-21(11-13-22)15-6-2-1-3-7-15/h1-9H,10-14H2. The number of anilines is 1. The molecule has 0 aliphatic carbocycles. The van der Waals surface area contributed by atoms with Crippen LogP contribution in [0.4, 0.5) is 5.69 Å². The van der Waals surface area contributed by atoms with Crippen LogP contribution in [0.1, 0.15) is 0 Å². The molecule has 2 aromatic carbocycles. The molecule has 1 aliphatic rings. The van der Waals surface area contributed by atoms with Crippen LogP contribution in [0.2, 0.25) is 0 Å². The van der Waals surface area contributed by atoms with Crippen molar-refractivity contribution in [3.8, 4) is 0 Å². The SMILES string of the molecule is O=C(Cn1nnc2ccccc21)N1CCN(c2ccccc2)CC1. The van der Waals surface area contributed by atoms with Crippen molar-refractivity contribution in [2.24, 2.45) is 0 Å². The smallest absolute Gasteiger partial charge is 0.244 e. The fraction of sp³-hybridized carbons (Fsp3) is 0.278. The Morgan fingerprint density at radius 3 is 2.42 bits per heavy atom. The molecule has 6 nitrogen and oxygen atoms in total. The van der Waals surface area contributed by atoms with E-state index in [1.165, 1.54) is 5.69 Å². The number of rotatable bonds is 3. The molecule has 1 amide bonds. The van der Waals surface area contributed by atoms with Crippen LogP contribution in [0.15, 0.2) is 54.6 Å². The Balaban J connectivity index is 1.40. The van der Waals surface area contributed by atoms with Crippen LogP contribution in [0, 0.1) is 0 Å². The molecule has 2 heterocycles. The molecule has 0 spiro atoms. The Hall–Kier alpha value is -2.89. The lowest BCUT2D eigenvalue weighted by Gasteiger charge is -2.36. The van der Waals surface area contributed by atoms with Crippen molar-refractivity contribution in [1.82, 2.24) is 19.9 Å². The van der Waals surface area contributed by atoms with Crippen LogP contribution in [0.5, 0.6) is 0 Å². The topological polar surface area (TPSA) is 54.3 Å². The minimum Gasteiger partial charge on any atom is -0.368 e. The van der Waals surface area contributed by atoms with Crippen molar-refractivity contribution in [3.63, 3.8) is 0 Å². The maximum atomic E-state index is 12.6. The van der Waals surface area contributed by atoms with Crippen molar-refractivity contribution in [3.05, 3.63) is 54.6 Å². The summed E-state index contributed by atoms with van der Waals surface area (Å²) in [4.78, 5) is 16.8. The number of nitrogens with zero attached hydrogens (tertiary/aromatic N) is 5. The van der Waals surface area contributed by atoms with E-state index < -0.39 is 0 Å². The van der Waals surface area contributed by atoms with Gasteiger partial charge in [-0.15, -0.1) is 5.10 Å². The lowest BCUT2D eigenvalue weighted by Crippen LogP contribution is -2.49. The third kappa shape index (κ3) is 2.82. The van der Waals surface area contributed by atoms with Gasteiger partial charge in [-0.05, 0) is 24.3 Å². The van der Waals surface area contributed by atoms with E-state index in [0.717, 1.165) is 37.2 Å². The molecule has 1 fully saturated rings. The van der Waals surface area contributed by atoms with E-state index in [4.69, 9.17) is 0 Å². The number of piperazine rings is 1. The maximum Gasteiger partial charge on any atom is 0.244 e. The van der Waals surface area contributed by atoms with Crippen LogP contribution >= 0.6 is 0 Å². The van der Waals surface area contributed by atoms with Crippen molar-refractivity contribution in [2.75, 3.05) is 31.1 Å². The number of benzene rings is 2. The van der Waals surface area contributed by atoms with Crippen molar-refractivity contribution >= 4 is 22.6 Å². The Morgan fingerprint density at radius 2 is 1.62 bits per heavy atom. The van der Waals surface area contributed by atoms with Gasteiger partial charge < -0.3 is 9.80 Å². The zero-order valence-corrected chi connectivity index (χ0v) is 13.4. The monoisotopic (exact) mass is 321 g/mol. The predicted octanol–water partition coefficient (Wildman–Crippen LogP) is 1.78. The van der Waals surface area contributed by atoms with Gasteiger partial charge in [0.05, 0.1) is 5.52 Å². The number of hydrogen-bond donors (Lipinski definition) is 0. The molecule has 122 valence electrons. The number of carbonyl (C=O) groups excluding carboxylic acids is 1. The zero-order chi connectivity index (χ0) is 16.4. The molecule has 0 bridgehead atoms. The minimum absolute atomic E-state index is 0.0957. The molecule has 24 heavy (non-hydrogen) atoms. The van der Waals surface area contributed by atoms with E-state index in [-0.39, 0.29) is 12.5 Å². The van der Waals surface area contributed by atoms with Gasteiger partial charge in [0.25, 0.3) is 0 Å². The van der Waals surface area contributed by atoms with E-state index in [1.807, 2.05) is 47.4 Å². The Labute approximate surface area is 140 Å². The quantitative estimate of drug-likeness (QED) is 0.738. The summed E-state index contributed by atoms with van der Waals surface area (Å²) in [5.74, 6) is 0.0957. The van der Waals surface area contributed by atoms with Crippen LogP contribution in [-0.2, 0) is 11.3 Å². The van der Waals surface area contributed by atoms with Crippen LogP contribution < -0.4 is 4.90 Å².